The van der Waals surface area contributed by atoms with E-state index in [0.29, 0.717) is 6.61 Å². The molecule has 0 atom stereocenters. The Morgan fingerprint density at radius 2 is 1.88 bits per heavy atom. The van der Waals surface area contributed by atoms with Crippen molar-refractivity contribution in [1.29, 1.82) is 0 Å². The molecule has 88 valence electrons. The molecule has 2 aromatic rings. The van der Waals surface area contributed by atoms with E-state index in [1.807, 2.05) is 30.3 Å². The Hall–Kier alpha value is -1.35. The first-order valence-electron chi connectivity index (χ1n) is 5.46. The molecule has 3 heteroatoms. The molecule has 0 amide bonds. The average Bonchev–Trinajstić information content (AvgIpc) is 2.34. The summed E-state index contributed by atoms with van der Waals surface area (Å²) >= 11 is 3.54. The second-order valence-corrected chi connectivity index (χ2v) is 4.77. The first-order chi connectivity index (χ1) is 8.16. The van der Waals surface area contributed by atoms with Crippen LogP contribution in [-0.4, -0.2) is 4.98 Å². The van der Waals surface area contributed by atoms with Crippen molar-refractivity contribution in [3.63, 3.8) is 0 Å². The number of halogens is 1. The van der Waals surface area contributed by atoms with Gasteiger partial charge in [-0.1, -0.05) is 22.0 Å². The summed E-state index contributed by atoms with van der Waals surface area (Å²) in [6, 6.07) is 9.87. The fourth-order valence-electron chi connectivity index (χ4n) is 1.63. The fourth-order valence-corrected chi connectivity index (χ4v) is 1.86. The molecule has 0 saturated heterocycles. The van der Waals surface area contributed by atoms with Crippen LogP contribution < -0.4 is 4.74 Å². The molecule has 0 radical (unpaired) electrons. The highest BCUT2D eigenvalue weighted by atomic mass is 79.9. The lowest BCUT2D eigenvalue weighted by Gasteiger charge is -2.09. The van der Waals surface area contributed by atoms with E-state index in [1.165, 1.54) is 11.1 Å². The van der Waals surface area contributed by atoms with Crippen molar-refractivity contribution in [2.45, 2.75) is 20.5 Å². The van der Waals surface area contributed by atoms with Crippen LogP contribution in [0.2, 0.25) is 0 Å². The van der Waals surface area contributed by atoms with Crippen molar-refractivity contribution >= 4 is 15.9 Å². The zero-order chi connectivity index (χ0) is 12.3. The molecule has 0 N–H and O–H groups in total. The SMILES string of the molecule is Cc1cc(OCc2ccccn2)cc(C)c1Br. The molecule has 0 unspecified atom stereocenters. The summed E-state index contributed by atoms with van der Waals surface area (Å²) in [6.45, 7) is 4.62. The molecule has 0 saturated carbocycles. The lowest BCUT2D eigenvalue weighted by atomic mass is 10.1. The Labute approximate surface area is 110 Å². The molecule has 0 aliphatic rings. The highest BCUT2D eigenvalue weighted by Gasteiger charge is 2.03. The summed E-state index contributed by atoms with van der Waals surface area (Å²) in [5, 5.41) is 0. The summed E-state index contributed by atoms with van der Waals surface area (Å²) in [7, 11) is 0. The molecule has 2 nitrogen and oxygen atoms in total. The summed E-state index contributed by atoms with van der Waals surface area (Å²) in [6.07, 6.45) is 1.77. The van der Waals surface area contributed by atoms with Gasteiger partial charge in [-0.05, 0) is 49.2 Å². The van der Waals surface area contributed by atoms with Gasteiger partial charge in [0.1, 0.15) is 12.4 Å². The number of hydrogen-bond donors (Lipinski definition) is 0. The van der Waals surface area contributed by atoms with Gasteiger partial charge in [-0.25, -0.2) is 0 Å². The third-order valence-corrected chi connectivity index (χ3v) is 3.77. The predicted octanol–water partition coefficient (Wildman–Crippen LogP) is 4.04. The van der Waals surface area contributed by atoms with Gasteiger partial charge >= 0.3 is 0 Å². The molecule has 1 aromatic heterocycles. The fraction of sp³-hybridized carbons (Fsp3) is 0.214. The van der Waals surface area contributed by atoms with Crippen LogP contribution in [0, 0.1) is 13.8 Å². The van der Waals surface area contributed by atoms with Gasteiger partial charge in [-0.15, -0.1) is 0 Å². The zero-order valence-electron chi connectivity index (χ0n) is 9.90. The largest absolute Gasteiger partial charge is 0.487 e. The smallest absolute Gasteiger partial charge is 0.130 e. The highest BCUT2D eigenvalue weighted by Crippen LogP contribution is 2.26. The Kier molecular flexibility index (Phi) is 3.79. The first-order valence-corrected chi connectivity index (χ1v) is 6.25. The molecule has 0 aliphatic heterocycles. The average molecular weight is 292 g/mol. The number of rotatable bonds is 3. The second-order valence-electron chi connectivity index (χ2n) is 3.98. The van der Waals surface area contributed by atoms with Gasteiger partial charge in [0.2, 0.25) is 0 Å². The van der Waals surface area contributed by atoms with E-state index in [9.17, 15) is 0 Å². The number of pyridine rings is 1. The quantitative estimate of drug-likeness (QED) is 0.851. The van der Waals surface area contributed by atoms with Crippen LogP contribution in [0.15, 0.2) is 41.0 Å². The van der Waals surface area contributed by atoms with Gasteiger partial charge in [0.05, 0.1) is 5.69 Å². The minimum absolute atomic E-state index is 0.501. The Balaban J connectivity index is 2.10. The number of benzene rings is 1. The maximum Gasteiger partial charge on any atom is 0.130 e. The van der Waals surface area contributed by atoms with E-state index in [2.05, 4.69) is 34.8 Å². The van der Waals surface area contributed by atoms with Gasteiger partial charge < -0.3 is 4.74 Å². The minimum atomic E-state index is 0.501. The van der Waals surface area contributed by atoms with Crippen molar-refractivity contribution in [3.05, 3.63) is 57.8 Å². The summed E-state index contributed by atoms with van der Waals surface area (Å²) in [4.78, 5) is 4.22. The Morgan fingerprint density at radius 1 is 1.18 bits per heavy atom. The van der Waals surface area contributed by atoms with Crippen molar-refractivity contribution in [2.24, 2.45) is 0 Å². The molecule has 17 heavy (non-hydrogen) atoms. The normalized spacial score (nSPS) is 10.3. The molecule has 0 aliphatic carbocycles. The Bertz CT molecular complexity index is 488. The van der Waals surface area contributed by atoms with Crippen LogP contribution in [0.25, 0.3) is 0 Å². The van der Waals surface area contributed by atoms with Crippen LogP contribution in [0.1, 0.15) is 16.8 Å². The minimum Gasteiger partial charge on any atom is -0.487 e. The van der Waals surface area contributed by atoms with E-state index in [4.69, 9.17) is 4.74 Å². The van der Waals surface area contributed by atoms with Gasteiger partial charge in [0.15, 0.2) is 0 Å². The van der Waals surface area contributed by atoms with Crippen LogP contribution >= 0.6 is 15.9 Å². The van der Waals surface area contributed by atoms with Crippen molar-refractivity contribution in [2.75, 3.05) is 0 Å². The Morgan fingerprint density at radius 3 is 2.47 bits per heavy atom. The first kappa shape index (κ1) is 12.1. The number of nitrogens with zero attached hydrogens (tertiary/aromatic N) is 1. The van der Waals surface area contributed by atoms with E-state index in [1.54, 1.807) is 6.20 Å². The molecule has 1 heterocycles. The molecular formula is C14H14BrNO. The highest BCUT2D eigenvalue weighted by molar-refractivity contribution is 9.10. The molecule has 1 aromatic carbocycles. The topological polar surface area (TPSA) is 22.1 Å². The van der Waals surface area contributed by atoms with Crippen LogP contribution in [-0.2, 0) is 6.61 Å². The second kappa shape index (κ2) is 5.32. The van der Waals surface area contributed by atoms with Crippen LogP contribution in [0.5, 0.6) is 5.75 Å². The van der Waals surface area contributed by atoms with E-state index >= 15 is 0 Å². The third-order valence-electron chi connectivity index (χ3n) is 2.52. The molecule has 0 spiro atoms. The number of aromatic nitrogens is 1. The van der Waals surface area contributed by atoms with Crippen molar-refractivity contribution < 1.29 is 4.74 Å². The van der Waals surface area contributed by atoms with Gasteiger partial charge in [-0.3, -0.25) is 4.98 Å². The summed E-state index contributed by atoms with van der Waals surface area (Å²) < 4.78 is 6.87. The number of hydrogen-bond acceptors (Lipinski definition) is 2. The zero-order valence-corrected chi connectivity index (χ0v) is 11.5. The standard InChI is InChI=1S/C14H14BrNO/c1-10-7-13(8-11(2)14(10)15)17-9-12-5-3-4-6-16-12/h3-8H,9H2,1-2H3. The maximum atomic E-state index is 5.73. The van der Waals surface area contributed by atoms with Crippen molar-refractivity contribution in [1.82, 2.24) is 4.98 Å². The third kappa shape index (κ3) is 3.07. The molecule has 0 fully saturated rings. The lowest BCUT2D eigenvalue weighted by molar-refractivity contribution is 0.301. The number of aryl methyl sites for hydroxylation is 2. The van der Waals surface area contributed by atoms with E-state index in [0.717, 1.165) is 15.9 Å². The lowest BCUT2D eigenvalue weighted by Crippen LogP contribution is -1.98. The number of ether oxygens (including phenoxy) is 1. The van der Waals surface area contributed by atoms with Crippen LogP contribution in [0.3, 0.4) is 0 Å². The van der Waals surface area contributed by atoms with Gasteiger partial charge in [0.25, 0.3) is 0 Å². The monoisotopic (exact) mass is 291 g/mol. The van der Waals surface area contributed by atoms with Gasteiger partial charge in [0, 0.05) is 10.7 Å². The van der Waals surface area contributed by atoms with E-state index < -0.39 is 0 Å². The van der Waals surface area contributed by atoms with E-state index in [-0.39, 0.29) is 0 Å². The molecule has 0 bridgehead atoms. The molecule has 2 rings (SSSR count). The van der Waals surface area contributed by atoms with Gasteiger partial charge in [-0.2, -0.15) is 0 Å². The molecular weight excluding hydrogens is 278 g/mol. The predicted molar refractivity (Wildman–Crippen MR) is 72.2 cm³/mol. The van der Waals surface area contributed by atoms with Crippen molar-refractivity contribution in [3.8, 4) is 5.75 Å². The van der Waals surface area contributed by atoms with Crippen LogP contribution in [0.4, 0.5) is 0 Å². The summed E-state index contributed by atoms with van der Waals surface area (Å²) in [5.41, 5.74) is 3.30. The maximum absolute atomic E-state index is 5.73. The summed E-state index contributed by atoms with van der Waals surface area (Å²) in [5.74, 6) is 0.883.